The third kappa shape index (κ3) is 8.07. The zero-order valence-corrected chi connectivity index (χ0v) is 7.17. The predicted molar refractivity (Wildman–Crippen MR) is 36.7 cm³/mol. The molecule has 0 radical (unpaired) electrons. The van der Waals surface area contributed by atoms with E-state index in [1.807, 2.05) is 0 Å². The predicted octanol–water partition coefficient (Wildman–Crippen LogP) is -0.216. The number of rotatable bonds is 4. The summed E-state index contributed by atoms with van der Waals surface area (Å²) in [4.78, 5) is 16.3. The second-order valence-corrected chi connectivity index (χ2v) is 4.40. The van der Waals surface area contributed by atoms with Gasteiger partial charge in [0.1, 0.15) is 0 Å². The SMILES string of the molecule is C=CC[SiH2]OP(=O)(O)O. The lowest BCUT2D eigenvalue weighted by Gasteiger charge is -2.01. The van der Waals surface area contributed by atoms with Gasteiger partial charge in [0.05, 0.1) is 0 Å². The third-order valence-corrected chi connectivity index (χ3v) is 3.30. The average Bonchev–Trinajstić information content (AvgIpc) is 1.63. The van der Waals surface area contributed by atoms with Gasteiger partial charge in [0.15, 0.2) is 9.76 Å². The minimum atomic E-state index is -4.18. The zero-order chi connectivity index (χ0) is 7.33. The van der Waals surface area contributed by atoms with Crippen LogP contribution in [0.3, 0.4) is 0 Å². The fourth-order valence-corrected chi connectivity index (χ4v) is 1.79. The van der Waals surface area contributed by atoms with Crippen LogP contribution in [0.2, 0.25) is 6.04 Å². The first-order valence-corrected chi connectivity index (χ1v) is 5.48. The third-order valence-electron chi connectivity index (χ3n) is 0.581. The van der Waals surface area contributed by atoms with E-state index in [4.69, 9.17) is 9.79 Å². The van der Waals surface area contributed by atoms with Crippen LogP contribution in [0.5, 0.6) is 0 Å². The Balaban J connectivity index is 3.28. The molecular weight excluding hydrogens is 159 g/mol. The summed E-state index contributed by atoms with van der Waals surface area (Å²) in [5.41, 5.74) is 0. The van der Waals surface area contributed by atoms with Gasteiger partial charge in [-0.15, -0.1) is 6.58 Å². The lowest BCUT2D eigenvalue weighted by molar-refractivity contribution is 0.288. The van der Waals surface area contributed by atoms with Crippen molar-refractivity contribution in [1.29, 1.82) is 0 Å². The molecule has 0 heterocycles. The van der Waals surface area contributed by atoms with E-state index in [0.717, 1.165) is 0 Å². The highest BCUT2D eigenvalue weighted by Crippen LogP contribution is 2.34. The van der Waals surface area contributed by atoms with Crippen molar-refractivity contribution in [3.8, 4) is 0 Å². The van der Waals surface area contributed by atoms with E-state index in [2.05, 4.69) is 10.8 Å². The Morgan fingerprint density at radius 3 is 2.67 bits per heavy atom. The summed E-state index contributed by atoms with van der Waals surface area (Å²) < 4.78 is 14.2. The topological polar surface area (TPSA) is 66.8 Å². The Hall–Kier alpha value is 0.0669. The van der Waals surface area contributed by atoms with E-state index < -0.39 is 17.6 Å². The second kappa shape index (κ2) is 3.98. The van der Waals surface area contributed by atoms with Crippen molar-refractivity contribution in [3.63, 3.8) is 0 Å². The van der Waals surface area contributed by atoms with Crippen molar-refractivity contribution in [3.05, 3.63) is 12.7 Å². The molecule has 54 valence electrons. The van der Waals surface area contributed by atoms with Crippen LogP contribution < -0.4 is 0 Å². The molecule has 0 aliphatic rings. The summed E-state index contributed by atoms with van der Waals surface area (Å²) in [6, 6.07) is 0.588. The lowest BCUT2D eigenvalue weighted by atomic mass is 10.8. The van der Waals surface area contributed by atoms with Gasteiger partial charge in [-0.1, -0.05) is 6.08 Å². The minimum Gasteiger partial charge on any atom is -0.337 e. The summed E-state index contributed by atoms with van der Waals surface area (Å²) in [5.74, 6) is 0. The largest absolute Gasteiger partial charge is 0.459 e. The molecule has 0 fully saturated rings. The van der Waals surface area contributed by atoms with Crippen molar-refractivity contribution in [2.75, 3.05) is 0 Å². The van der Waals surface area contributed by atoms with Crippen molar-refractivity contribution in [1.82, 2.24) is 0 Å². The van der Waals surface area contributed by atoms with Crippen molar-refractivity contribution < 1.29 is 18.6 Å². The molecule has 0 spiro atoms. The van der Waals surface area contributed by atoms with Crippen molar-refractivity contribution >= 4 is 17.6 Å². The lowest BCUT2D eigenvalue weighted by Crippen LogP contribution is -1.93. The molecule has 0 atom stereocenters. The number of phosphoric acid groups is 1. The van der Waals surface area contributed by atoms with Crippen LogP contribution in [0.25, 0.3) is 0 Å². The Morgan fingerprint density at radius 1 is 1.78 bits per heavy atom. The number of hydrogen-bond acceptors (Lipinski definition) is 2. The highest BCUT2D eigenvalue weighted by molar-refractivity contribution is 7.47. The molecule has 0 saturated carbocycles. The Labute approximate surface area is 55.7 Å². The number of allylic oxidation sites excluding steroid dienone is 1. The highest BCUT2D eigenvalue weighted by Gasteiger charge is 2.11. The number of hydrogen-bond donors (Lipinski definition) is 2. The van der Waals surface area contributed by atoms with Gasteiger partial charge >= 0.3 is 7.82 Å². The van der Waals surface area contributed by atoms with E-state index in [9.17, 15) is 4.57 Å². The summed E-state index contributed by atoms with van der Waals surface area (Å²) >= 11 is 0. The molecule has 0 saturated heterocycles. The van der Waals surface area contributed by atoms with Crippen LogP contribution in [0.4, 0.5) is 0 Å². The van der Waals surface area contributed by atoms with Crippen LogP contribution in [0.1, 0.15) is 0 Å². The van der Waals surface area contributed by atoms with Crippen molar-refractivity contribution in [2.45, 2.75) is 6.04 Å². The maximum Gasteiger partial charge on any atom is 0.459 e. The molecule has 0 aliphatic heterocycles. The van der Waals surface area contributed by atoms with Gasteiger partial charge in [0.2, 0.25) is 0 Å². The smallest absolute Gasteiger partial charge is 0.337 e. The fraction of sp³-hybridized carbons (Fsp3) is 0.333. The summed E-state index contributed by atoms with van der Waals surface area (Å²) in [5, 5.41) is 0. The van der Waals surface area contributed by atoms with Gasteiger partial charge in [-0.2, -0.15) is 0 Å². The molecular formula is C3H9O4PSi. The minimum absolute atomic E-state index is 0.588. The Kier molecular flexibility index (Phi) is 4.00. The van der Waals surface area contributed by atoms with Crippen LogP contribution in [0, 0.1) is 0 Å². The summed E-state index contributed by atoms with van der Waals surface area (Å²) in [6.45, 7) is 3.38. The maximum absolute atomic E-state index is 9.98. The normalized spacial score (nSPS) is 12.7. The van der Waals surface area contributed by atoms with E-state index in [1.165, 1.54) is 0 Å². The van der Waals surface area contributed by atoms with E-state index >= 15 is 0 Å². The molecule has 9 heavy (non-hydrogen) atoms. The molecule has 0 aromatic heterocycles. The standard InChI is InChI=1S/C3H9O4PSi/c1-2-3-9-7-8(4,5)6/h2H,1,3,9H2,(H2,4,5,6). The highest BCUT2D eigenvalue weighted by atomic mass is 31.2. The van der Waals surface area contributed by atoms with E-state index in [0.29, 0.717) is 6.04 Å². The first-order valence-electron chi connectivity index (χ1n) is 2.37. The maximum atomic E-state index is 9.98. The van der Waals surface area contributed by atoms with E-state index in [1.54, 1.807) is 6.08 Å². The fourth-order valence-electron chi connectivity index (χ4n) is 0.255. The van der Waals surface area contributed by atoms with Crippen molar-refractivity contribution in [2.24, 2.45) is 0 Å². The molecule has 0 aromatic rings. The molecule has 0 unspecified atom stereocenters. The van der Waals surface area contributed by atoms with Gasteiger partial charge in [-0.05, 0) is 6.04 Å². The van der Waals surface area contributed by atoms with E-state index in [-0.39, 0.29) is 0 Å². The molecule has 6 heteroatoms. The molecule has 2 N–H and O–H groups in total. The molecule has 0 amide bonds. The quantitative estimate of drug-likeness (QED) is 0.264. The van der Waals surface area contributed by atoms with Crippen LogP contribution in [-0.2, 0) is 8.78 Å². The molecule has 4 nitrogen and oxygen atoms in total. The van der Waals surface area contributed by atoms with Gasteiger partial charge in [0.25, 0.3) is 0 Å². The summed E-state index contributed by atoms with van der Waals surface area (Å²) in [7, 11) is -5.26. The summed E-state index contributed by atoms with van der Waals surface area (Å²) in [6.07, 6.45) is 1.59. The second-order valence-electron chi connectivity index (χ2n) is 1.40. The first kappa shape index (κ1) is 9.07. The first-order chi connectivity index (χ1) is 4.06. The van der Waals surface area contributed by atoms with Gasteiger partial charge < -0.3 is 14.0 Å². The molecule has 0 aliphatic carbocycles. The Morgan fingerprint density at radius 2 is 2.33 bits per heavy atom. The van der Waals surface area contributed by atoms with Gasteiger partial charge in [0, 0.05) is 0 Å². The average molecular weight is 168 g/mol. The van der Waals surface area contributed by atoms with Gasteiger partial charge in [-0.25, -0.2) is 4.57 Å². The Bertz CT molecular complexity index is 130. The van der Waals surface area contributed by atoms with Crippen LogP contribution in [0.15, 0.2) is 12.7 Å². The molecule has 0 aromatic carbocycles. The van der Waals surface area contributed by atoms with Gasteiger partial charge in [-0.3, -0.25) is 0 Å². The molecule has 0 rings (SSSR count). The zero-order valence-electron chi connectivity index (χ0n) is 4.86. The molecule has 0 bridgehead atoms. The van der Waals surface area contributed by atoms with Crippen LogP contribution in [-0.4, -0.2) is 19.5 Å². The monoisotopic (exact) mass is 168 g/mol. The van der Waals surface area contributed by atoms with Crippen LogP contribution >= 0.6 is 7.82 Å².